The molecular formula is C11H10N6O. The summed E-state index contributed by atoms with van der Waals surface area (Å²) in [5.74, 6) is -0.0749. The van der Waals surface area contributed by atoms with Crippen molar-refractivity contribution in [3.8, 4) is 5.69 Å². The van der Waals surface area contributed by atoms with Crippen molar-refractivity contribution in [2.45, 2.75) is 0 Å². The molecule has 1 aromatic heterocycles. The fourth-order valence-corrected chi connectivity index (χ4v) is 1.71. The fraction of sp³-hybridized carbons (Fsp3) is 0.0909. The Hall–Kier alpha value is -2.70. The monoisotopic (exact) mass is 242 g/mol. The minimum atomic E-state index is -0.0749. The molecule has 0 saturated heterocycles. The minimum absolute atomic E-state index is 0.0749. The first kappa shape index (κ1) is 10.5. The Morgan fingerprint density at radius 2 is 2.33 bits per heavy atom. The lowest BCUT2D eigenvalue weighted by atomic mass is 10.2. The molecule has 0 aliphatic carbocycles. The van der Waals surface area contributed by atoms with Gasteiger partial charge in [0.15, 0.2) is 0 Å². The summed E-state index contributed by atoms with van der Waals surface area (Å²) in [6.07, 6.45) is 3.07. The lowest BCUT2D eigenvalue weighted by Crippen LogP contribution is -2.16. The largest absolute Gasteiger partial charge is 0.357 e. The Morgan fingerprint density at radius 3 is 3.06 bits per heavy atom. The molecule has 0 saturated carbocycles. The topological polar surface area (TPSA) is 84.7 Å². The van der Waals surface area contributed by atoms with Gasteiger partial charge in [-0.25, -0.2) is 4.68 Å². The lowest BCUT2D eigenvalue weighted by Gasteiger charge is -2.07. The molecule has 1 amide bonds. The van der Waals surface area contributed by atoms with Crippen LogP contribution in [0.4, 0.5) is 5.69 Å². The van der Waals surface area contributed by atoms with E-state index >= 15 is 0 Å². The number of amides is 1. The molecule has 0 atom stereocenters. The van der Waals surface area contributed by atoms with Crippen molar-refractivity contribution in [1.29, 1.82) is 0 Å². The highest BCUT2D eigenvalue weighted by molar-refractivity contribution is 5.91. The molecule has 7 nitrogen and oxygen atoms in total. The summed E-state index contributed by atoms with van der Waals surface area (Å²) < 4.78 is 1.57. The zero-order valence-corrected chi connectivity index (χ0v) is 9.37. The van der Waals surface area contributed by atoms with Gasteiger partial charge in [0, 0.05) is 17.5 Å². The van der Waals surface area contributed by atoms with Crippen molar-refractivity contribution in [3.63, 3.8) is 0 Å². The molecule has 90 valence electrons. The molecule has 0 fully saturated rings. The van der Waals surface area contributed by atoms with Gasteiger partial charge in [0.25, 0.3) is 0 Å². The molecule has 2 N–H and O–H groups in total. The second kappa shape index (κ2) is 4.28. The molecular weight excluding hydrogens is 232 g/mol. The molecule has 0 bridgehead atoms. The molecule has 18 heavy (non-hydrogen) atoms. The first-order chi connectivity index (χ1) is 8.81. The highest BCUT2D eigenvalue weighted by atomic mass is 16.1. The smallest absolute Gasteiger partial charge is 0.246 e. The molecule has 7 heteroatoms. The molecule has 0 unspecified atom stereocenters. The Kier molecular flexibility index (Phi) is 2.49. The molecule has 1 aliphatic heterocycles. The van der Waals surface area contributed by atoms with Gasteiger partial charge in [-0.15, -0.1) is 5.10 Å². The molecule has 1 aromatic carbocycles. The number of anilines is 1. The van der Waals surface area contributed by atoms with E-state index in [1.165, 1.54) is 6.33 Å². The van der Waals surface area contributed by atoms with E-state index in [1.54, 1.807) is 10.8 Å². The first-order valence-electron chi connectivity index (χ1n) is 5.40. The summed E-state index contributed by atoms with van der Waals surface area (Å²) in [4.78, 5) is 11.0. The number of tetrazole rings is 1. The third-order valence-electron chi connectivity index (χ3n) is 2.52. The van der Waals surface area contributed by atoms with Crippen LogP contribution in [-0.4, -0.2) is 32.7 Å². The molecule has 2 aromatic rings. The fourth-order valence-electron chi connectivity index (χ4n) is 1.71. The van der Waals surface area contributed by atoms with Gasteiger partial charge < -0.3 is 10.6 Å². The van der Waals surface area contributed by atoms with E-state index in [0.29, 0.717) is 6.54 Å². The van der Waals surface area contributed by atoms with E-state index in [9.17, 15) is 4.79 Å². The Bertz CT molecular complexity index is 604. The van der Waals surface area contributed by atoms with Gasteiger partial charge in [0.1, 0.15) is 6.33 Å². The molecule has 3 rings (SSSR count). The van der Waals surface area contributed by atoms with Gasteiger partial charge in [-0.05, 0) is 28.6 Å². The van der Waals surface area contributed by atoms with Gasteiger partial charge in [-0.3, -0.25) is 4.79 Å². The van der Waals surface area contributed by atoms with Crippen molar-refractivity contribution >= 4 is 11.6 Å². The zero-order chi connectivity index (χ0) is 12.4. The van der Waals surface area contributed by atoms with Crippen molar-refractivity contribution in [1.82, 2.24) is 25.5 Å². The second-order valence-electron chi connectivity index (χ2n) is 3.82. The van der Waals surface area contributed by atoms with Crippen LogP contribution in [-0.2, 0) is 4.79 Å². The standard InChI is InChI=1S/C11H10N6O/c18-11-5-9(6-12-11)14-8-2-1-3-10(4-8)17-7-13-15-16-17/h1-5,7,14H,6H2,(H,12,18). The normalized spacial score (nSPS) is 14.2. The second-order valence-corrected chi connectivity index (χ2v) is 3.82. The van der Waals surface area contributed by atoms with Crippen LogP contribution in [0.25, 0.3) is 5.69 Å². The number of carbonyl (C=O) groups is 1. The minimum Gasteiger partial charge on any atom is -0.357 e. The van der Waals surface area contributed by atoms with E-state index in [-0.39, 0.29) is 5.91 Å². The number of carbonyl (C=O) groups excluding carboxylic acids is 1. The van der Waals surface area contributed by atoms with E-state index in [0.717, 1.165) is 17.1 Å². The predicted molar refractivity (Wildman–Crippen MR) is 63.9 cm³/mol. The average Bonchev–Trinajstić information content (AvgIpc) is 3.01. The van der Waals surface area contributed by atoms with Crippen LogP contribution < -0.4 is 10.6 Å². The van der Waals surface area contributed by atoms with Crippen LogP contribution in [0.5, 0.6) is 0 Å². The Labute approximate surface area is 102 Å². The maximum atomic E-state index is 11.0. The van der Waals surface area contributed by atoms with Crippen LogP contribution in [0.1, 0.15) is 0 Å². The zero-order valence-electron chi connectivity index (χ0n) is 9.37. The summed E-state index contributed by atoms with van der Waals surface area (Å²) in [5, 5.41) is 16.9. The quantitative estimate of drug-likeness (QED) is 0.796. The third kappa shape index (κ3) is 2.05. The Morgan fingerprint density at radius 1 is 1.39 bits per heavy atom. The van der Waals surface area contributed by atoms with Crippen LogP contribution in [0, 0.1) is 0 Å². The number of nitrogens with one attached hydrogen (secondary N) is 2. The van der Waals surface area contributed by atoms with Gasteiger partial charge >= 0.3 is 0 Å². The number of benzene rings is 1. The number of aromatic nitrogens is 4. The highest BCUT2D eigenvalue weighted by Gasteiger charge is 2.10. The average molecular weight is 242 g/mol. The SMILES string of the molecule is O=C1C=C(Nc2cccc(-n3cnnn3)c2)CN1. The van der Waals surface area contributed by atoms with E-state index in [2.05, 4.69) is 26.2 Å². The number of rotatable bonds is 3. The van der Waals surface area contributed by atoms with E-state index in [1.807, 2.05) is 24.3 Å². The maximum absolute atomic E-state index is 11.0. The molecule has 2 heterocycles. The van der Waals surface area contributed by atoms with Crippen molar-refractivity contribution in [3.05, 3.63) is 42.4 Å². The number of hydrogen-bond donors (Lipinski definition) is 2. The van der Waals surface area contributed by atoms with E-state index < -0.39 is 0 Å². The van der Waals surface area contributed by atoms with E-state index in [4.69, 9.17) is 0 Å². The maximum Gasteiger partial charge on any atom is 0.246 e. The van der Waals surface area contributed by atoms with Gasteiger partial charge in [-0.2, -0.15) is 0 Å². The van der Waals surface area contributed by atoms with Crippen molar-refractivity contribution in [2.24, 2.45) is 0 Å². The molecule has 1 aliphatic rings. The number of hydrogen-bond acceptors (Lipinski definition) is 5. The van der Waals surface area contributed by atoms with Gasteiger partial charge in [0.2, 0.25) is 5.91 Å². The van der Waals surface area contributed by atoms with Crippen LogP contribution in [0.3, 0.4) is 0 Å². The molecule has 0 spiro atoms. The lowest BCUT2D eigenvalue weighted by molar-refractivity contribution is -0.115. The first-order valence-corrected chi connectivity index (χ1v) is 5.40. The molecule has 0 radical (unpaired) electrons. The van der Waals surface area contributed by atoms with Crippen LogP contribution >= 0.6 is 0 Å². The van der Waals surface area contributed by atoms with Gasteiger partial charge in [0.05, 0.1) is 12.2 Å². The predicted octanol–water partition coefficient (Wildman–Crippen LogP) is 0.0879. The van der Waals surface area contributed by atoms with Crippen LogP contribution in [0.2, 0.25) is 0 Å². The summed E-state index contributed by atoms with van der Waals surface area (Å²) >= 11 is 0. The Balaban J connectivity index is 1.83. The number of nitrogens with zero attached hydrogens (tertiary/aromatic N) is 4. The van der Waals surface area contributed by atoms with Gasteiger partial charge in [-0.1, -0.05) is 6.07 Å². The third-order valence-corrected chi connectivity index (χ3v) is 2.52. The summed E-state index contributed by atoms with van der Waals surface area (Å²) in [6, 6.07) is 7.61. The van der Waals surface area contributed by atoms with Crippen LogP contribution in [0.15, 0.2) is 42.4 Å². The summed E-state index contributed by atoms with van der Waals surface area (Å²) in [5.41, 5.74) is 2.57. The summed E-state index contributed by atoms with van der Waals surface area (Å²) in [7, 11) is 0. The van der Waals surface area contributed by atoms with Crippen molar-refractivity contribution in [2.75, 3.05) is 11.9 Å². The highest BCUT2D eigenvalue weighted by Crippen LogP contribution is 2.15. The van der Waals surface area contributed by atoms with Crippen molar-refractivity contribution < 1.29 is 4.79 Å². The summed E-state index contributed by atoms with van der Waals surface area (Å²) in [6.45, 7) is 0.522.